The molecule has 0 bridgehead atoms. The molecule has 0 aliphatic carbocycles. The molecule has 1 atom stereocenters. The van der Waals surface area contributed by atoms with Crippen molar-refractivity contribution in [2.45, 2.75) is 19.0 Å². The minimum absolute atomic E-state index is 0.106. The second kappa shape index (κ2) is 5.46. The lowest BCUT2D eigenvalue weighted by Gasteiger charge is -2.17. The number of aromatic nitrogens is 2. The third-order valence-corrected chi connectivity index (χ3v) is 3.72. The SMILES string of the molecule is Cn1cncc1CNC1CCN(c2ccccc2)C1=O. The Morgan fingerprint density at radius 3 is 2.85 bits per heavy atom. The maximum Gasteiger partial charge on any atom is 0.244 e. The number of nitrogens with one attached hydrogen (secondary N) is 1. The highest BCUT2D eigenvalue weighted by atomic mass is 16.2. The predicted molar refractivity (Wildman–Crippen MR) is 77.2 cm³/mol. The van der Waals surface area contributed by atoms with Crippen LogP contribution in [0, 0.1) is 0 Å². The van der Waals surface area contributed by atoms with E-state index in [-0.39, 0.29) is 11.9 Å². The number of imidazole rings is 1. The molecular weight excluding hydrogens is 252 g/mol. The Labute approximate surface area is 118 Å². The number of para-hydroxylation sites is 1. The third kappa shape index (κ3) is 2.44. The lowest BCUT2D eigenvalue weighted by molar-refractivity contribution is -0.118. The summed E-state index contributed by atoms with van der Waals surface area (Å²) in [4.78, 5) is 18.3. The summed E-state index contributed by atoms with van der Waals surface area (Å²) < 4.78 is 1.96. The molecule has 1 unspecified atom stereocenters. The van der Waals surface area contributed by atoms with Gasteiger partial charge in [0.2, 0.25) is 5.91 Å². The zero-order valence-corrected chi connectivity index (χ0v) is 11.5. The lowest BCUT2D eigenvalue weighted by atomic mass is 10.2. The van der Waals surface area contributed by atoms with E-state index in [1.807, 2.05) is 53.0 Å². The summed E-state index contributed by atoms with van der Waals surface area (Å²) in [6.07, 6.45) is 4.43. The standard InChI is InChI=1S/C15H18N4O/c1-18-11-16-9-13(18)10-17-14-7-8-19(15(14)20)12-5-3-2-4-6-12/h2-6,9,11,14,17H,7-8,10H2,1H3. The van der Waals surface area contributed by atoms with Crippen molar-refractivity contribution < 1.29 is 4.79 Å². The van der Waals surface area contributed by atoms with E-state index in [0.29, 0.717) is 6.54 Å². The van der Waals surface area contributed by atoms with Crippen molar-refractivity contribution in [2.24, 2.45) is 7.05 Å². The summed E-state index contributed by atoms with van der Waals surface area (Å²) in [5, 5.41) is 3.32. The highest BCUT2D eigenvalue weighted by Gasteiger charge is 2.31. The normalized spacial score (nSPS) is 18.8. The molecule has 3 rings (SSSR count). The second-order valence-electron chi connectivity index (χ2n) is 5.04. The summed E-state index contributed by atoms with van der Waals surface area (Å²) in [5.74, 6) is 0.151. The predicted octanol–water partition coefficient (Wildman–Crippen LogP) is 1.32. The highest BCUT2D eigenvalue weighted by molar-refractivity contribution is 5.99. The maximum absolute atomic E-state index is 12.4. The van der Waals surface area contributed by atoms with E-state index in [4.69, 9.17) is 0 Å². The van der Waals surface area contributed by atoms with Gasteiger partial charge in [-0.1, -0.05) is 18.2 Å². The van der Waals surface area contributed by atoms with Gasteiger partial charge in [0, 0.05) is 32.0 Å². The maximum atomic E-state index is 12.4. The fraction of sp³-hybridized carbons (Fsp3) is 0.333. The number of anilines is 1. The summed E-state index contributed by atoms with van der Waals surface area (Å²) in [7, 11) is 1.96. The van der Waals surface area contributed by atoms with Gasteiger partial charge in [0.15, 0.2) is 0 Å². The molecule has 0 radical (unpaired) electrons. The molecule has 1 amide bonds. The molecule has 1 fully saturated rings. The number of hydrogen-bond donors (Lipinski definition) is 1. The number of aryl methyl sites for hydroxylation is 1. The van der Waals surface area contributed by atoms with E-state index in [1.54, 1.807) is 6.33 Å². The van der Waals surface area contributed by atoms with Gasteiger partial charge in [0.1, 0.15) is 0 Å². The van der Waals surface area contributed by atoms with Gasteiger partial charge in [0.05, 0.1) is 18.1 Å². The van der Waals surface area contributed by atoms with E-state index in [9.17, 15) is 4.79 Å². The van der Waals surface area contributed by atoms with Gasteiger partial charge in [-0.2, -0.15) is 0 Å². The van der Waals surface area contributed by atoms with Crippen LogP contribution in [0.3, 0.4) is 0 Å². The van der Waals surface area contributed by atoms with Gasteiger partial charge in [-0.05, 0) is 18.6 Å². The van der Waals surface area contributed by atoms with Crippen LogP contribution in [0.5, 0.6) is 0 Å². The molecule has 20 heavy (non-hydrogen) atoms. The quantitative estimate of drug-likeness (QED) is 0.911. The molecule has 5 heteroatoms. The van der Waals surface area contributed by atoms with Crippen molar-refractivity contribution in [3.8, 4) is 0 Å². The Kier molecular flexibility index (Phi) is 3.52. The number of carbonyl (C=O) groups is 1. The van der Waals surface area contributed by atoms with Crippen molar-refractivity contribution in [1.29, 1.82) is 0 Å². The van der Waals surface area contributed by atoms with E-state index < -0.39 is 0 Å². The molecule has 0 saturated carbocycles. The monoisotopic (exact) mass is 270 g/mol. The molecule has 2 heterocycles. The number of benzene rings is 1. The zero-order valence-electron chi connectivity index (χ0n) is 11.5. The van der Waals surface area contributed by atoms with Crippen LogP contribution >= 0.6 is 0 Å². The molecule has 1 aliphatic heterocycles. The van der Waals surface area contributed by atoms with Gasteiger partial charge in [-0.15, -0.1) is 0 Å². The first kappa shape index (κ1) is 12.9. The van der Waals surface area contributed by atoms with Crippen LogP contribution in [0.15, 0.2) is 42.9 Å². The van der Waals surface area contributed by atoms with Crippen molar-refractivity contribution in [2.75, 3.05) is 11.4 Å². The van der Waals surface area contributed by atoms with Crippen molar-refractivity contribution >= 4 is 11.6 Å². The zero-order chi connectivity index (χ0) is 13.9. The minimum atomic E-state index is -0.106. The van der Waals surface area contributed by atoms with Crippen LogP contribution in [-0.2, 0) is 18.4 Å². The van der Waals surface area contributed by atoms with Crippen molar-refractivity contribution in [3.05, 3.63) is 48.5 Å². The first-order valence-corrected chi connectivity index (χ1v) is 6.81. The fourth-order valence-electron chi connectivity index (χ4n) is 2.52. The van der Waals surface area contributed by atoms with Crippen LogP contribution in [0.2, 0.25) is 0 Å². The molecule has 1 aliphatic rings. The first-order chi connectivity index (χ1) is 9.75. The van der Waals surface area contributed by atoms with Crippen LogP contribution in [0.25, 0.3) is 0 Å². The van der Waals surface area contributed by atoms with Gasteiger partial charge in [-0.3, -0.25) is 4.79 Å². The molecule has 1 saturated heterocycles. The van der Waals surface area contributed by atoms with Crippen LogP contribution in [-0.4, -0.2) is 28.0 Å². The van der Waals surface area contributed by atoms with E-state index in [2.05, 4.69) is 10.3 Å². The Morgan fingerprint density at radius 1 is 1.35 bits per heavy atom. The molecule has 5 nitrogen and oxygen atoms in total. The summed E-state index contributed by atoms with van der Waals surface area (Å²) in [5.41, 5.74) is 2.05. The van der Waals surface area contributed by atoms with Crippen LogP contribution in [0.1, 0.15) is 12.1 Å². The second-order valence-corrected chi connectivity index (χ2v) is 5.04. The van der Waals surface area contributed by atoms with Crippen LogP contribution in [0.4, 0.5) is 5.69 Å². The molecule has 1 aromatic carbocycles. The summed E-state index contributed by atoms with van der Waals surface area (Å²) in [6.45, 7) is 1.43. The van der Waals surface area contributed by atoms with E-state index in [1.165, 1.54) is 0 Å². The molecule has 1 aromatic heterocycles. The molecule has 2 aromatic rings. The average Bonchev–Trinajstić information content (AvgIpc) is 3.04. The number of amides is 1. The summed E-state index contributed by atoms with van der Waals surface area (Å²) in [6, 6.07) is 9.72. The Bertz CT molecular complexity index is 593. The van der Waals surface area contributed by atoms with Gasteiger partial charge in [-0.25, -0.2) is 4.98 Å². The minimum Gasteiger partial charge on any atom is -0.337 e. The van der Waals surface area contributed by atoms with Gasteiger partial charge in [0.25, 0.3) is 0 Å². The fourth-order valence-corrected chi connectivity index (χ4v) is 2.52. The third-order valence-electron chi connectivity index (χ3n) is 3.72. The smallest absolute Gasteiger partial charge is 0.244 e. The topological polar surface area (TPSA) is 50.2 Å². The largest absolute Gasteiger partial charge is 0.337 e. The van der Waals surface area contributed by atoms with Crippen molar-refractivity contribution in [1.82, 2.24) is 14.9 Å². The lowest BCUT2D eigenvalue weighted by Crippen LogP contribution is -2.38. The average molecular weight is 270 g/mol. The number of nitrogens with zero attached hydrogens (tertiary/aromatic N) is 3. The van der Waals surface area contributed by atoms with Gasteiger partial charge >= 0.3 is 0 Å². The molecule has 104 valence electrons. The summed E-state index contributed by atoms with van der Waals surface area (Å²) >= 11 is 0. The number of rotatable bonds is 4. The Morgan fingerprint density at radius 2 is 2.15 bits per heavy atom. The van der Waals surface area contributed by atoms with Gasteiger partial charge < -0.3 is 14.8 Å². The van der Waals surface area contributed by atoms with E-state index in [0.717, 1.165) is 24.3 Å². The van der Waals surface area contributed by atoms with E-state index >= 15 is 0 Å². The molecule has 0 spiro atoms. The van der Waals surface area contributed by atoms with Crippen LogP contribution < -0.4 is 10.2 Å². The Hall–Kier alpha value is -2.14. The number of hydrogen-bond acceptors (Lipinski definition) is 3. The molecular formula is C15H18N4O. The Balaban J connectivity index is 1.63. The molecule has 1 N–H and O–H groups in total. The first-order valence-electron chi connectivity index (χ1n) is 6.81. The highest BCUT2D eigenvalue weighted by Crippen LogP contribution is 2.21. The number of carbonyl (C=O) groups excluding carboxylic acids is 1. The van der Waals surface area contributed by atoms with Crippen molar-refractivity contribution in [3.63, 3.8) is 0 Å².